The Morgan fingerprint density at radius 2 is 1.89 bits per heavy atom. The molecule has 4 heteroatoms. The van der Waals surface area contributed by atoms with Crippen molar-refractivity contribution < 1.29 is 13.9 Å². The molecule has 0 aliphatic rings. The Hall–Kier alpha value is -1.00. The minimum atomic E-state index is -0.580. The molecule has 0 spiro atoms. The summed E-state index contributed by atoms with van der Waals surface area (Å²) in [6.07, 6.45) is 0.252. The third-order valence-electron chi connectivity index (χ3n) is 2.83. The Bertz CT molecular complexity index is 382. The summed E-state index contributed by atoms with van der Waals surface area (Å²) in [6.45, 7) is 6.26. The molecule has 0 saturated carbocycles. The number of aliphatic hydroxyl groups is 1. The van der Waals surface area contributed by atoms with Gasteiger partial charge in [0.05, 0.1) is 6.10 Å². The topological polar surface area (TPSA) is 32.3 Å². The van der Waals surface area contributed by atoms with Gasteiger partial charge < -0.3 is 10.4 Å². The monoisotopic (exact) mass is 257 g/mol. The van der Waals surface area contributed by atoms with E-state index < -0.39 is 17.7 Å². The first-order valence-electron chi connectivity index (χ1n) is 6.26. The van der Waals surface area contributed by atoms with Crippen molar-refractivity contribution in [1.82, 2.24) is 5.32 Å². The summed E-state index contributed by atoms with van der Waals surface area (Å²) in [6, 6.07) is 3.28. The van der Waals surface area contributed by atoms with Gasteiger partial charge in [0.25, 0.3) is 0 Å². The van der Waals surface area contributed by atoms with E-state index in [1.165, 1.54) is 12.1 Å². The van der Waals surface area contributed by atoms with Crippen molar-refractivity contribution >= 4 is 0 Å². The molecule has 1 rings (SSSR count). The van der Waals surface area contributed by atoms with Gasteiger partial charge in [-0.3, -0.25) is 0 Å². The lowest BCUT2D eigenvalue weighted by atomic mass is 10.0. The van der Waals surface area contributed by atoms with Crippen LogP contribution < -0.4 is 5.32 Å². The molecule has 0 aliphatic carbocycles. The van der Waals surface area contributed by atoms with Gasteiger partial charge in [-0.1, -0.05) is 19.9 Å². The zero-order valence-electron chi connectivity index (χ0n) is 11.1. The number of nitrogens with one attached hydrogen (secondary N) is 1. The van der Waals surface area contributed by atoms with Gasteiger partial charge in [0.15, 0.2) is 0 Å². The van der Waals surface area contributed by atoms with Crippen LogP contribution in [0.25, 0.3) is 0 Å². The maximum absolute atomic E-state index is 13.5. The Morgan fingerprint density at radius 3 is 2.44 bits per heavy atom. The van der Waals surface area contributed by atoms with Crippen LogP contribution >= 0.6 is 0 Å². The van der Waals surface area contributed by atoms with Crippen molar-refractivity contribution in [3.05, 3.63) is 35.4 Å². The van der Waals surface area contributed by atoms with Gasteiger partial charge in [-0.15, -0.1) is 0 Å². The molecule has 0 aliphatic heterocycles. The van der Waals surface area contributed by atoms with Crippen LogP contribution in [0.15, 0.2) is 18.2 Å². The summed E-state index contributed by atoms with van der Waals surface area (Å²) in [5.74, 6) is -0.726. The van der Waals surface area contributed by atoms with E-state index in [1.807, 2.05) is 13.8 Å². The van der Waals surface area contributed by atoms with Crippen LogP contribution in [0.5, 0.6) is 0 Å². The van der Waals surface area contributed by atoms with Crippen molar-refractivity contribution in [2.75, 3.05) is 6.54 Å². The Balaban J connectivity index is 2.52. The smallest absolute Gasteiger partial charge is 0.130 e. The summed E-state index contributed by atoms with van der Waals surface area (Å²) in [5, 5.41) is 12.8. The molecule has 1 aromatic rings. The van der Waals surface area contributed by atoms with Crippen LogP contribution in [0.3, 0.4) is 0 Å². The molecule has 0 radical (unpaired) electrons. The third kappa shape index (κ3) is 4.70. The number of hydrogen-bond acceptors (Lipinski definition) is 2. The van der Waals surface area contributed by atoms with Gasteiger partial charge in [-0.05, 0) is 25.3 Å². The fourth-order valence-electron chi connectivity index (χ4n) is 1.90. The van der Waals surface area contributed by atoms with E-state index in [4.69, 9.17) is 0 Å². The molecule has 2 atom stereocenters. The molecule has 0 fully saturated rings. The molecule has 1 aromatic carbocycles. The molecule has 102 valence electrons. The maximum atomic E-state index is 13.5. The van der Waals surface area contributed by atoms with Crippen molar-refractivity contribution in [2.45, 2.75) is 39.3 Å². The van der Waals surface area contributed by atoms with E-state index in [0.717, 1.165) is 6.07 Å². The van der Waals surface area contributed by atoms with E-state index in [9.17, 15) is 13.9 Å². The van der Waals surface area contributed by atoms with E-state index >= 15 is 0 Å². The Morgan fingerprint density at radius 1 is 1.22 bits per heavy atom. The van der Waals surface area contributed by atoms with E-state index in [-0.39, 0.29) is 6.04 Å². The van der Waals surface area contributed by atoms with Gasteiger partial charge in [0.2, 0.25) is 0 Å². The predicted molar refractivity (Wildman–Crippen MR) is 68.2 cm³/mol. The molecule has 0 saturated heterocycles. The van der Waals surface area contributed by atoms with Gasteiger partial charge in [-0.2, -0.15) is 0 Å². The molecular weight excluding hydrogens is 236 g/mol. The van der Waals surface area contributed by atoms with Crippen LogP contribution in [0.2, 0.25) is 0 Å². The quantitative estimate of drug-likeness (QED) is 0.821. The van der Waals surface area contributed by atoms with E-state index in [2.05, 4.69) is 5.32 Å². The zero-order valence-corrected chi connectivity index (χ0v) is 11.1. The zero-order chi connectivity index (χ0) is 13.7. The van der Waals surface area contributed by atoms with Crippen LogP contribution in [0.4, 0.5) is 8.78 Å². The minimum absolute atomic E-state index is 0.257. The Kier molecular flexibility index (Phi) is 5.69. The molecule has 2 nitrogen and oxygen atoms in total. The molecule has 2 N–H and O–H groups in total. The first-order valence-corrected chi connectivity index (χ1v) is 6.26. The third-order valence-corrected chi connectivity index (χ3v) is 2.83. The van der Waals surface area contributed by atoms with E-state index in [1.54, 1.807) is 6.92 Å². The standard InChI is InChI=1S/C14H21F2NO/c1-9(2)6-12(18)8-17-10(3)13-5-4-11(15)7-14(13)16/h4-5,7,9-10,12,17-18H,6,8H2,1-3H3. The number of rotatable bonds is 6. The molecule has 0 aromatic heterocycles. The highest BCUT2D eigenvalue weighted by Gasteiger charge is 2.13. The fraction of sp³-hybridized carbons (Fsp3) is 0.571. The van der Waals surface area contributed by atoms with E-state index in [0.29, 0.717) is 24.4 Å². The van der Waals surface area contributed by atoms with Gasteiger partial charge in [0.1, 0.15) is 11.6 Å². The molecule has 18 heavy (non-hydrogen) atoms. The lowest BCUT2D eigenvalue weighted by Crippen LogP contribution is -2.30. The second-order valence-electron chi connectivity index (χ2n) is 5.08. The van der Waals surface area contributed by atoms with Crippen molar-refractivity contribution in [3.63, 3.8) is 0 Å². The number of aliphatic hydroxyl groups excluding tert-OH is 1. The summed E-state index contributed by atoms with van der Waals surface area (Å²) >= 11 is 0. The average Bonchev–Trinajstić information content (AvgIpc) is 2.25. The maximum Gasteiger partial charge on any atom is 0.130 e. The highest BCUT2D eigenvalue weighted by Crippen LogP contribution is 2.17. The van der Waals surface area contributed by atoms with Crippen LogP contribution in [-0.2, 0) is 0 Å². The van der Waals surface area contributed by atoms with Crippen molar-refractivity contribution in [2.24, 2.45) is 5.92 Å². The summed E-state index contributed by atoms with van der Waals surface area (Å²) in [4.78, 5) is 0. The van der Waals surface area contributed by atoms with Gasteiger partial charge in [-0.25, -0.2) is 8.78 Å². The predicted octanol–water partition coefficient (Wildman–Crippen LogP) is 3.02. The second-order valence-corrected chi connectivity index (χ2v) is 5.08. The highest BCUT2D eigenvalue weighted by molar-refractivity contribution is 5.21. The lowest BCUT2D eigenvalue weighted by Gasteiger charge is -2.19. The molecule has 0 heterocycles. The Labute approximate surface area is 107 Å². The fourth-order valence-corrected chi connectivity index (χ4v) is 1.90. The van der Waals surface area contributed by atoms with Crippen LogP contribution in [0.1, 0.15) is 38.8 Å². The van der Waals surface area contributed by atoms with Gasteiger partial charge >= 0.3 is 0 Å². The number of halogens is 2. The number of hydrogen-bond donors (Lipinski definition) is 2. The molecule has 0 bridgehead atoms. The van der Waals surface area contributed by atoms with Crippen molar-refractivity contribution in [3.8, 4) is 0 Å². The largest absolute Gasteiger partial charge is 0.392 e. The first-order chi connectivity index (χ1) is 8.40. The summed E-state index contributed by atoms with van der Waals surface area (Å²) in [7, 11) is 0. The summed E-state index contributed by atoms with van der Waals surface area (Å²) < 4.78 is 26.3. The molecular formula is C14H21F2NO. The average molecular weight is 257 g/mol. The molecule has 0 amide bonds. The molecule has 2 unspecified atom stereocenters. The highest BCUT2D eigenvalue weighted by atomic mass is 19.1. The second kappa shape index (κ2) is 6.81. The SMILES string of the molecule is CC(C)CC(O)CNC(C)c1ccc(F)cc1F. The van der Waals surface area contributed by atoms with Crippen molar-refractivity contribution in [1.29, 1.82) is 0 Å². The summed E-state index contributed by atoms with van der Waals surface area (Å²) in [5.41, 5.74) is 0.410. The normalized spacial score (nSPS) is 14.8. The number of benzene rings is 1. The van der Waals surface area contributed by atoms with Crippen LogP contribution in [-0.4, -0.2) is 17.8 Å². The lowest BCUT2D eigenvalue weighted by molar-refractivity contribution is 0.143. The first kappa shape index (κ1) is 15.1. The van der Waals surface area contributed by atoms with Gasteiger partial charge in [0, 0.05) is 24.2 Å². The van der Waals surface area contributed by atoms with Crippen LogP contribution in [0, 0.1) is 17.6 Å². The minimum Gasteiger partial charge on any atom is -0.392 e.